The van der Waals surface area contributed by atoms with E-state index in [0.717, 1.165) is 31.3 Å². The molecule has 142 valence electrons. The third kappa shape index (κ3) is 4.33. The van der Waals surface area contributed by atoms with Crippen molar-refractivity contribution >= 4 is 49.2 Å². The summed E-state index contributed by atoms with van der Waals surface area (Å²) in [6, 6.07) is 21.3. The minimum Gasteiger partial charge on any atom is -0.508 e. The topological polar surface area (TPSA) is 44.6 Å². The number of phenols is 1. The zero-order valence-corrected chi connectivity index (χ0v) is 18.7. The number of phenolic OH excluding ortho intramolecular Hbond substituents is 1. The first-order valence-corrected chi connectivity index (χ1v) is 10.8. The molecule has 2 N–H and O–H groups in total. The van der Waals surface area contributed by atoms with Crippen LogP contribution >= 0.6 is 43.5 Å². The maximum atomic E-state index is 10.4. The molecule has 0 saturated carbocycles. The highest BCUT2D eigenvalue weighted by molar-refractivity contribution is 9.10. The standard InChI is InChI=1S/C22H17Br2ClN2O/c23-15-6-4-13(5-7-15)22-26-19(14-2-1-3-16(24)10-14)12-20(27-22)18-11-17(25)8-9-21(18)28/h1-11,20,22,27-28H,12H2/t20-,22+/m1/s1. The van der Waals surface area contributed by atoms with Crippen LogP contribution in [0.2, 0.25) is 5.02 Å². The number of hydrogen-bond acceptors (Lipinski definition) is 3. The van der Waals surface area contributed by atoms with Crippen molar-refractivity contribution in [1.29, 1.82) is 0 Å². The number of nitrogens with one attached hydrogen (secondary N) is 1. The normalized spacial score (nSPS) is 19.3. The minimum atomic E-state index is -0.223. The highest BCUT2D eigenvalue weighted by Crippen LogP contribution is 2.36. The van der Waals surface area contributed by atoms with Gasteiger partial charge in [0.1, 0.15) is 11.9 Å². The quantitative estimate of drug-likeness (QED) is 0.399. The summed E-state index contributed by atoms with van der Waals surface area (Å²) in [6.45, 7) is 0. The molecule has 0 radical (unpaired) electrons. The lowest BCUT2D eigenvalue weighted by Crippen LogP contribution is -2.33. The van der Waals surface area contributed by atoms with Gasteiger partial charge in [-0.25, -0.2) is 0 Å². The summed E-state index contributed by atoms with van der Waals surface area (Å²) in [5.74, 6) is 0.229. The SMILES string of the molecule is Oc1ccc(Cl)cc1[C@H]1CC(c2cccc(Br)c2)=N[C@H](c2ccc(Br)cc2)N1. The van der Waals surface area contributed by atoms with Crippen LogP contribution in [-0.2, 0) is 0 Å². The second kappa shape index (κ2) is 8.37. The molecular formula is C22H17Br2ClN2O. The molecule has 0 unspecified atom stereocenters. The van der Waals surface area contributed by atoms with Crippen LogP contribution < -0.4 is 5.32 Å². The second-order valence-corrected chi connectivity index (χ2v) is 8.93. The van der Waals surface area contributed by atoms with Gasteiger partial charge in [-0.15, -0.1) is 0 Å². The Kier molecular flexibility index (Phi) is 5.88. The molecule has 0 fully saturated rings. The van der Waals surface area contributed by atoms with Gasteiger partial charge < -0.3 is 5.11 Å². The average Bonchev–Trinajstić information content (AvgIpc) is 2.70. The van der Waals surface area contributed by atoms with E-state index in [-0.39, 0.29) is 18.0 Å². The monoisotopic (exact) mass is 518 g/mol. The van der Waals surface area contributed by atoms with E-state index in [1.54, 1.807) is 12.1 Å². The lowest BCUT2D eigenvalue weighted by molar-refractivity contribution is 0.412. The average molecular weight is 521 g/mol. The first-order valence-electron chi connectivity index (χ1n) is 8.82. The molecular weight excluding hydrogens is 504 g/mol. The van der Waals surface area contributed by atoms with E-state index >= 15 is 0 Å². The fourth-order valence-corrected chi connectivity index (χ4v) is 4.21. The Hall–Kier alpha value is -1.66. The van der Waals surface area contributed by atoms with E-state index in [2.05, 4.69) is 49.3 Å². The summed E-state index contributed by atoms with van der Waals surface area (Å²) in [6.07, 6.45) is 0.427. The molecule has 0 aromatic heterocycles. The zero-order chi connectivity index (χ0) is 19.7. The predicted octanol–water partition coefficient (Wildman–Crippen LogP) is 6.79. The number of aromatic hydroxyl groups is 1. The number of aliphatic imine (C=N–C) groups is 1. The molecule has 2 atom stereocenters. The molecule has 1 aliphatic heterocycles. The minimum absolute atomic E-state index is 0.112. The van der Waals surface area contributed by atoms with Gasteiger partial charge in [0.25, 0.3) is 0 Å². The number of nitrogens with zero attached hydrogens (tertiary/aromatic N) is 1. The maximum Gasteiger partial charge on any atom is 0.126 e. The molecule has 0 aliphatic carbocycles. The van der Waals surface area contributed by atoms with E-state index in [9.17, 15) is 5.11 Å². The maximum absolute atomic E-state index is 10.4. The predicted molar refractivity (Wildman–Crippen MR) is 121 cm³/mol. The first kappa shape index (κ1) is 19.6. The van der Waals surface area contributed by atoms with E-state index in [0.29, 0.717) is 11.4 Å². The molecule has 1 aliphatic rings. The zero-order valence-electron chi connectivity index (χ0n) is 14.7. The van der Waals surface area contributed by atoms with Crippen LogP contribution in [0.5, 0.6) is 5.75 Å². The van der Waals surface area contributed by atoms with Crippen molar-refractivity contribution in [3.05, 3.63) is 97.4 Å². The van der Waals surface area contributed by atoms with Gasteiger partial charge in [0.15, 0.2) is 0 Å². The van der Waals surface area contributed by atoms with Crippen molar-refractivity contribution in [1.82, 2.24) is 5.32 Å². The molecule has 28 heavy (non-hydrogen) atoms. The summed E-state index contributed by atoms with van der Waals surface area (Å²) < 4.78 is 2.03. The van der Waals surface area contributed by atoms with Gasteiger partial charge in [0.2, 0.25) is 0 Å². The number of halogens is 3. The molecule has 4 rings (SSSR count). The molecule has 3 aromatic rings. The molecule has 1 heterocycles. The van der Waals surface area contributed by atoms with Crippen molar-refractivity contribution in [3.63, 3.8) is 0 Å². The Labute approximate surface area is 185 Å². The highest BCUT2D eigenvalue weighted by Gasteiger charge is 2.28. The Bertz CT molecular complexity index is 1040. The number of rotatable bonds is 3. The smallest absolute Gasteiger partial charge is 0.126 e. The first-order chi connectivity index (χ1) is 13.5. The van der Waals surface area contributed by atoms with Crippen LogP contribution in [0, 0.1) is 0 Å². The Morgan fingerprint density at radius 1 is 0.964 bits per heavy atom. The van der Waals surface area contributed by atoms with E-state index in [1.165, 1.54) is 0 Å². The Morgan fingerprint density at radius 3 is 2.50 bits per heavy atom. The third-order valence-electron chi connectivity index (χ3n) is 4.75. The summed E-state index contributed by atoms with van der Waals surface area (Å²) >= 11 is 13.2. The fourth-order valence-electron chi connectivity index (χ4n) is 3.37. The van der Waals surface area contributed by atoms with Gasteiger partial charge in [0, 0.05) is 37.7 Å². The molecule has 0 spiro atoms. The van der Waals surface area contributed by atoms with Crippen molar-refractivity contribution in [2.24, 2.45) is 4.99 Å². The van der Waals surface area contributed by atoms with Crippen molar-refractivity contribution in [3.8, 4) is 5.75 Å². The lowest BCUT2D eigenvalue weighted by Gasteiger charge is -2.31. The largest absolute Gasteiger partial charge is 0.508 e. The van der Waals surface area contributed by atoms with Crippen LogP contribution in [0.4, 0.5) is 0 Å². The fraction of sp³-hybridized carbons (Fsp3) is 0.136. The van der Waals surface area contributed by atoms with Gasteiger partial charge in [0.05, 0.1) is 0 Å². The third-order valence-corrected chi connectivity index (χ3v) is 6.01. The summed E-state index contributed by atoms with van der Waals surface area (Å²) in [5.41, 5.74) is 3.88. The van der Waals surface area contributed by atoms with Crippen LogP contribution in [0.25, 0.3) is 0 Å². The van der Waals surface area contributed by atoms with Gasteiger partial charge in [-0.3, -0.25) is 10.3 Å². The van der Waals surface area contributed by atoms with Crippen LogP contribution in [0.1, 0.15) is 35.3 Å². The van der Waals surface area contributed by atoms with Crippen LogP contribution in [0.3, 0.4) is 0 Å². The van der Waals surface area contributed by atoms with E-state index in [1.807, 2.05) is 42.5 Å². The summed E-state index contributed by atoms with van der Waals surface area (Å²) in [5, 5.41) is 14.6. The number of hydrogen-bond donors (Lipinski definition) is 2. The van der Waals surface area contributed by atoms with Crippen LogP contribution in [-0.4, -0.2) is 10.8 Å². The molecule has 6 heteroatoms. The highest BCUT2D eigenvalue weighted by atomic mass is 79.9. The second-order valence-electron chi connectivity index (χ2n) is 6.67. The van der Waals surface area contributed by atoms with Crippen molar-refractivity contribution < 1.29 is 5.11 Å². The molecule has 3 nitrogen and oxygen atoms in total. The summed E-state index contributed by atoms with van der Waals surface area (Å²) in [7, 11) is 0. The van der Waals surface area contributed by atoms with E-state index < -0.39 is 0 Å². The van der Waals surface area contributed by atoms with Crippen LogP contribution in [0.15, 0.2) is 80.7 Å². The molecule has 0 amide bonds. The van der Waals surface area contributed by atoms with Gasteiger partial charge in [-0.05, 0) is 53.6 Å². The number of benzene rings is 3. The van der Waals surface area contributed by atoms with Gasteiger partial charge >= 0.3 is 0 Å². The molecule has 0 saturated heterocycles. The lowest BCUT2D eigenvalue weighted by atomic mass is 9.93. The van der Waals surface area contributed by atoms with Gasteiger partial charge in [-0.2, -0.15) is 0 Å². The summed E-state index contributed by atoms with van der Waals surface area (Å²) in [4.78, 5) is 4.98. The van der Waals surface area contributed by atoms with Crippen molar-refractivity contribution in [2.75, 3.05) is 0 Å². The van der Waals surface area contributed by atoms with Crippen molar-refractivity contribution in [2.45, 2.75) is 18.6 Å². The molecule has 0 bridgehead atoms. The Balaban J connectivity index is 1.77. The van der Waals surface area contributed by atoms with Gasteiger partial charge in [-0.1, -0.05) is 67.7 Å². The van der Waals surface area contributed by atoms with E-state index in [4.69, 9.17) is 16.6 Å². The molecule has 3 aromatic carbocycles. The Morgan fingerprint density at radius 2 is 1.75 bits per heavy atom.